The van der Waals surface area contributed by atoms with E-state index in [1.54, 1.807) is 10.9 Å². The van der Waals surface area contributed by atoms with Crippen LogP contribution in [0.25, 0.3) is 0 Å². The third kappa shape index (κ3) is 2.14. The van der Waals surface area contributed by atoms with E-state index >= 15 is 0 Å². The zero-order valence-electron chi connectivity index (χ0n) is 11.0. The number of hydrogen-bond donors (Lipinski definition) is 1. The second-order valence-electron chi connectivity index (χ2n) is 5.33. The quantitative estimate of drug-likeness (QED) is 0.848. The molecule has 2 aromatic rings. The van der Waals surface area contributed by atoms with Gasteiger partial charge < -0.3 is 5.73 Å². The molecule has 1 saturated carbocycles. The summed E-state index contributed by atoms with van der Waals surface area (Å²) in [5, 5.41) is 4.10. The van der Waals surface area contributed by atoms with Gasteiger partial charge in [0.2, 0.25) is 0 Å². The van der Waals surface area contributed by atoms with Gasteiger partial charge in [0.05, 0.1) is 11.6 Å². The van der Waals surface area contributed by atoms with Gasteiger partial charge in [-0.25, -0.2) is 0 Å². The van der Waals surface area contributed by atoms with Gasteiger partial charge in [0.25, 0.3) is 0 Å². The summed E-state index contributed by atoms with van der Waals surface area (Å²) in [6.07, 6.45) is 6.00. The fourth-order valence-corrected chi connectivity index (χ4v) is 2.57. The molecule has 1 fully saturated rings. The smallest absolute Gasteiger partial charge is 0.147 e. The molecule has 0 spiro atoms. The monoisotopic (exact) mass is 255 g/mol. The predicted molar refractivity (Wildman–Crippen MR) is 73.7 cm³/mol. The third-order valence-electron chi connectivity index (χ3n) is 3.87. The molecule has 0 radical (unpaired) electrons. The molecule has 1 aliphatic carbocycles. The minimum absolute atomic E-state index is 0.274. The Labute approximate surface area is 112 Å². The first-order valence-electron chi connectivity index (χ1n) is 6.47. The highest BCUT2D eigenvalue weighted by Crippen LogP contribution is 2.49. The highest BCUT2D eigenvalue weighted by atomic mass is 16.1. The van der Waals surface area contributed by atoms with Crippen LogP contribution in [0.2, 0.25) is 0 Å². The summed E-state index contributed by atoms with van der Waals surface area (Å²) >= 11 is 0. The molecule has 1 aliphatic rings. The number of nitrogens with two attached hydrogens (primary N) is 1. The van der Waals surface area contributed by atoms with E-state index < -0.39 is 0 Å². The van der Waals surface area contributed by atoms with Gasteiger partial charge >= 0.3 is 0 Å². The Bertz CT molecular complexity index is 609. The van der Waals surface area contributed by atoms with E-state index in [2.05, 4.69) is 5.10 Å². The van der Waals surface area contributed by atoms with E-state index in [1.807, 2.05) is 37.5 Å². The van der Waals surface area contributed by atoms with E-state index in [4.69, 9.17) is 5.73 Å². The van der Waals surface area contributed by atoms with Crippen LogP contribution in [-0.2, 0) is 23.7 Å². The second-order valence-corrected chi connectivity index (χ2v) is 5.33. The summed E-state index contributed by atoms with van der Waals surface area (Å²) in [4.78, 5) is 12.5. The molecule has 98 valence electrons. The summed E-state index contributed by atoms with van der Waals surface area (Å²) in [6.45, 7) is 0. The van der Waals surface area contributed by atoms with E-state index in [0.717, 1.165) is 29.7 Å². The summed E-state index contributed by atoms with van der Waals surface area (Å²) in [5.41, 5.74) is 8.23. The minimum atomic E-state index is -0.274. The Balaban J connectivity index is 1.81. The molecule has 3 rings (SSSR count). The number of nitrogens with zero attached hydrogens (tertiary/aromatic N) is 2. The van der Waals surface area contributed by atoms with Crippen LogP contribution in [0.5, 0.6) is 0 Å². The van der Waals surface area contributed by atoms with Gasteiger partial charge in [-0.2, -0.15) is 5.10 Å². The average molecular weight is 255 g/mol. The fraction of sp³-hybridized carbons (Fsp3) is 0.333. The number of hydrogen-bond acceptors (Lipinski definition) is 3. The molecular formula is C15H17N3O. The van der Waals surface area contributed by atoms with Gasteiger partial charge in [-0.3, -0.25) is 9.48 Å². The zero-order valence-corrected chi connectivity index (χ0v) is 11.0. The fourth-order valence-electron chi connectivity index (χ4n) is 2.57. The van der Waals surface area contributed by atoms with Crippen LogP contribution < -0.4 is 5.73 Å². The Kier molecular flexibility index (Phi) is 2.66. The Hall–Kier alpha value is -2.10. The summed E-state index contributed by atoms with van der Waals surface area (Å²) < 4.78 is 1.73. The molecule has 0 amide bonds. The first-order chi connectivity index (χ1) is 9.10. The summed E-state index contributed by atoms with van der Waals surface area (Å²) in [7, 11) is 1.86. The topological polar surface area (TPSA) is 60.9 Å². The molecule has 1 aromatic heterocycles. The van der Waals surface area contributed by atoms with Gasteiger partial charge in [0.1, 0.15) is 5.78 Å². The van der Waals surface area contributed by atoms with E-state index in [1.165, 1.54) is 0 Å². The number of carbonyl (C=O) groups is 1. The highest BCUT2D eigenvalue weighted by Gasteiger charge is 2.50. The predicted octanol–water partition coefficient (Wildman–Crippen LogP) is 1.85. The molecule has 4 heteroatoms. The Morgan fingerprint density at radius 3 is 2.58 bits per heavy atom. The molecule has 0 saturated heterocycles. The van der Waals surface area contributed by atoms with Gasteiger partial charge in [0, 0.05) is 25.4 Å². The van der Waals surface area contributed by atoms with Gasteiger partial charge in [-0.05, 0) is 36.1 Å². The van der Waals surface area contributed by atoms with Crippen molar-refractivity contribution in [3.05, 3.63) is 47.8 Å². The van der Waals surface area contributed by atoms with Crippen molar-refractivity contribution in [1.82, 2.24) is 9.78 Å². The van der Waals surface area contributed by atoms with Crippen LogP contribution in [0.3, 0.4) is 0 Å². The lowest BCUT2D eigenvalue weighted by molar-refractivity contribution is -0.120. The maximum Gasteiger partial charge on any atom is 0.147 e. The van der Waals surface area contributed by atoms with Crippen molar-refractivity contribution in [3.63, 3.8) is 0 Å². The maximum atomic E-state index is 12.5. The van der Waals surface area contributed by atoms with Gasteiger partial charge in [-0.1, -0.05) is 12.1 Å². The molecule has 0 aliphatic heterocycles. The van der Waals surface area contributed by atoms with Crippen LogP contribution in [0.15, 0.2) is 36.7 Å². The van der Waals surface area contributed by atoms with Crippen molar-refractivity contribution >= 4 is 11.5 Å². The van der Waals surface area contributed by atoms with E-state index in [0.29, 0.717) is 6.42 Å². The third-order valence-corrected chi connectivity index (χ3v) is 3.87. The lowest BCUT2D eigenvalue weighted by Crippen LogP contribution is -2.22. The standard InChI is InChI=1S/C15H17N3O/c1-18-10-11(9-17-18)8-14(19)15(6-7-15)12-2-4-13(16)5-3-12/h2-5,9-10H,6-8,16H2,1H3. The highest BCUT2D eigenvalue weighted by molar-refractivity contribution is 5.94. The average Bonchev–Trinajstić information content (AvgIpc) is 3.10. The van der Waals surface area contributed by atoms with Gasteiger partial charge in [0.15, 0.2) is 0 Å². The van der Waals surface area contributed by atoms with Crippen LogP contribution in [0.1, 0.15) is 24.0 Å². The molecule has 4 nitrogen and oxygen atoms in total. The number of benzene rings is 1. The molecule has 0 unspecified atom stereocenters. The second kappa shape index (κ2) is 4.23. The first-order valence-corrected chi connectivity index (χ1v) is 6.47. The van der Waals surface area contributed by atoms with Crippen molar-refractivity contribution in [2.45, 2.75) is 24.7 Å². The Morgan fingerprint density at radius 2 is 2.05 bits per heavy atom. The van der Waals surface area contributed by atoms with Crippen LogP contribution in [0, 0.1) is 0 Å². The summed E-state index contributed by atoms with van der Waals surface area (Å²) in [5.74, 6) is 0.283. The minimum Gasteiger partial charge on any atom is -0.399 e. The zero-order chi connectivity index (χ0) is 13.5. The van der Waals surface area contributed by atoms with Crippen LogP contribution >= 0.6 is 0 Å². The first kappa shape index (κ1) is 12.0. The molecular weight excluding hydrogens is 238 g/mol. The molecule has 0 atom stereocenters. The van der Waals surface area contributed by atoms with Crippen molar-refractivity contribution in [2.75, 3.05) is 5.73 Å². The number of rotatable bonds is 4. The molecule has 0 bridgehead atoms. The van der Waals surface area contributed by atoms with E-state index in [-0.39, 0.29) is 11.2 Å². The van der Waals surface area contributed by atoms with Crippen LogP contribution in [-0.4, -0.2) is 15.6 Å². The number of aryl methyl sites for hydroxylation is 1. The molecule has 1 heterocycles. The van der Waals surface area contributed by atoms with E-state index in [9.17, 15) is 4.79 Å². The summed E-state index contributed by atoms with van der Waals surface area (Å²) in [6, 6.07) is 7.69. The van der Waals surface area contributed by atoms with Gasteiger partial charge in [-0.15, -0.1) is 0 Å². The van der Waals surface area contributed by atoms with Crippen molar-refractivity contribution < 1.29 is 4.79 Å². The largest absolute Gasteiger partial charge is 0.399 e. The normalized spacial score (nSPS) is 16.3. The number of aromatic nitrogens is 2. The number of nitrogen functional groups attached to an aromatic ring is 1. The SMILES string of the molecule is Cn1cc(CC(=O)C2(c3ccc(N)cc3)CC2)cn1. The molecule has 19 heavy (non-hydrogen) atoms. The maximum absolute atomic E-state index is 12.5. The number of anilines is 1. The number of Topliss-reactive ketones (excluding diaryl/α,β-unsaturated/α-hetero) is 1. The van der Waals surface area contributed by atoms with Crippen molar-refractivity contribution in [1.29, 1.82) is 0 Å². The number of ketones is 1. The lowest BCUT2D eigenvalue weighted by atomic mass is 9.88. The molecule has 2 N–H and O–H groups in total. The van der Waals surface area contributed by atoms with Crippen molar-refractivity contribution in [2.24, 2.45) is 7.05 Å². The number of carbonyl (C=O) groups excluding carboxylic acids is 1. The molecule has 1 aromatic carbocycles. The lowest BCUT2D eigenvalue weighted by Gasteiger charge is -2.14. The van der Waals surface area contributed by atoms with Crippen molar-refractivity contribution in [3.8, 4) is 0 Å². The van der Waals surface area contributed by atoms with Crippen LogP contribution in [0.4, 0.5) is 5.69 Å². The Morgan fingerprint density at radius 1 is 1.37 bits per heavy atom.